The van der Waals surface area contributed by atoms with Crippen molar-refractivity contribution in [2.75, 3.05) is 32.7 Å². The second kappa shape index (κ2) is 6.26. The highest BCUT2D eigenvalue weighted by molar-refractivity contribution is 5.65. The molecule has 3 N–H and O–H groups in total. The molecule has 2 aliphatic rings. The van der Waals surface area contributed by atoms with Crippen molar-refractivity contribution in [3.05, 3.63) is 12.3 Å². The summed E-state index contributed by atoms with van der Waals surface area (Å²) in [5.74, 6) is 0. The van der Waals surface area contributed by atoms with Gasteiger partial charge >= 0.3 is 6.09 Å². The monoisotopic (exact) mass is 199 g/mol. The Morgan fingerprint density at radius 2 is 2.00 bits per heavy atom. The van der Waals surface area contributed by atoms with E-state index in [1.54, 1.807) is 0 Å². The molecule has 2 rings (SSSR count). The predicted octanol–water partition coefficient (Wildman–Crippen LogP) is 0.0630. The van der Waals surface area contributed by atoms with Crippen LogP contribution in [0.5, 0.6) is 0 Å². The van der Waals surface area contributed by atoms with E-state index in [0.717, 1.165) is 19.6 Å². The second-order valence-electron chi connectivity index (χ2n) is 3.16. The third kappa shape index (κ3) is 4.13. The molecule has 2 heterocycles. The number of amides is 1. The Bertz CT molecular complexity index is 194. The molecular weight excluding hydrogens is 182 g/mol. The smallest absolute Gasteiger partial charge is 0.407 e. The van der Waals surface area contributed by atoms with Crippen LogP contribution < -0.4 is 10.6 Å². The summed E-state index contributed by atoms with van der Waals surface area (Å²) in [6.45, 7) is 3.95. The van der Waals surface area contributed by atoms with E-state index in [2.05, 4.69) is 16.7 Å². The second-order valence-corrected chi connectivity index (χ2v) is 3.16. The number of piperazine rings is 1. The molecule has 0 bridgehead atoms. The molecular formula is C9H17N3O2. The van der Waals surface area contributed by atoms with Crippen molar-refractivity contribution in [2.24, 2.45) is 0 Å². The van der Waals surface area contributed by atoms with Gasteiger partial charge in [-0.15, -0.1) is 0 Å². The fraction of sp³-hybridized carbons (Fsp3) is 0.667. The summed E-state index contributed by atoms with van der Waals surface area (Å²) in [5, 5.41) is 14.5. The largest absolute Gasteiger partial charge is 0.465 e. The lowest BCUT2D eigenvalue weighted by molar-refractivity contribution is 0.139. The van der Waals surface area contributed by atoms with Crippen LogP contribution in [0.4, 0.5) is 4.79 Å². The first-order chi connectivity index (χ1) is 6.80. The number of carboxylic acid groups (broad SMARTS) is 1. The van der Waals surface area contributed by atoms with Gasteiger partial charge in [0.15, 0.2) is 0 Å². The van der Waals surface area contributed by atoms with Crippen molar-refractivity contribution < 1.29 is 9.90 Å². The fourth-order valence-electron chi connectivity index (χ4n) is 1.27. The van der Waals surface area contributed by atoms with Gasteiger partial charge in [-0.2, -0.15) is 0 Å². The zero-order chi connectivity index (χ0) is 10.2. The molecule has 1 fully saturated rings. The van der Waals surface area contributed by atoms with E-state index in [1.165, 1.54) is 11.3 Å². The minimum Gasteiger partial charge on any atom is -0.465 e. The Morgan fingerprint density at radius 1 is 1.29 bits per heavy atom. The van der Waals surface area contributed by atoms with Gasteiger partial charge in [-0.1, -0.05) is 6.08 Å². The summed E-state index contributed by atoms with van der Waals surface area (Å²) in [7, 11) is 0. The number of hydrogen-bond donors (Lipinski definition) is 3. The average Bonchev–Trinajstić information content (AvgIpc) is 2.77. The molecule has 0 aromatic carbocycles. The Hall–Kier alpha value is -1.23. The Kier molecular flexibility index (Phi) is 4.85. The van der Waals surface area contributed by atoms with Gasteiger partial charge in [-0.05, 0) is 12.6 Å². The van der Waals surface area contributed by atoms with Crippen LogP contribution in [0.2, 0.25) is 0 Å². The maximum Gasteiger partial charge on any atom is 0.407 e. The van der Waals surface area contributed by atoms with E-state index in [4.69, 9.17) is 5.11 Å². The van der Waals surface area contributed by atoms with E-state index in [0.29, 0.717) is 13.1 Å². The van der Waals surface area contributed by atoms with Gasteiger partial charge in [0.1, 0.15) is 0 Å². The zero-order valence-corrected chi connectivity index (χ0v) is 8.20. The van der Waals surface area contributed by atoms with Crippen LogP contribution in [0.25, 0.3) is 0 Å². The highest BCUT2D eigenvalue weighted by Gasteiger charge is 2.13. The number of nitrogens with zero attached hydrogens (tertiary/aromatic N) is 1. The first kappa shape index (κ1) is 10.8. The zero-order valence-electron chi connectivity index (χ0n) is 8.20. The molecule has 0 aliphatic carbocycles. The summed E-state index contributed by atoms with van der Waals surface area (Å²) in [6, 6.07) is 0. The molecule has 1 amide bonds. The van der Waals surface area contributed by atoms with Crippen molar-refractivity contribution in [1.29, 1.82) is 0 Å². The fourth-order valence-corrected chi connectivity index (χ4v) is 1.27. The van der Waals surface area contributed by atoms with E-state index in [9.17, 15) is 4.79 Å². The summed E-state index contributed by atoms with van der Waals surface area (Å²) < 4.78 is 0. The van der Waals surface area contributed by atoms with Crippen LogP contribution in [-0.2, 0) is 0 Å². The molecule has 0 aromatic heterocycles. The van der Waals surface area contributed by atoms with E-state index < -0.39 is 6.09 Å². The van der Waals surface area contributed by atoms with Gasteiger partial charge in [0.05, 0.1) is 0 Å². The molecule has 0 saturated carbocycles. The molecule has 0 atom stereocenters. The lowest BCUT2D eigenvalue weighted by atomic mass is 10.4. The number of rotatable bonds is 0. The van der Waals surface area contributed by atoms with Gasteiger partial charge in [-0.3, -0.25) is 0 Å². The third-order valence-corrected chi connectivity index (χ3v) is 2.08. The van der Waals surface area contributed by atoms with E-state index >= 15 is 0 Å². The summed E-state index contributed by atoms with van der Waals surface area (Å²) in [6.07, 6.45) is 4.51. The van der Waals surface area contributed by atoms with Crippen LogP contribution in [0.3, 0.4) is 0 Å². The summed E-state index contributed by atoms with van der Waals surface area (Å²) in [5.41, 5.74) is 0. The Labute approximate surface area is 83.8 Å². The molecule has 14 heavy (non-hydrogen) atoms. The van der Waals surface area contributed by atoms with Crippen LogP contribution in [0.15, 0.2) is 12.3 Å². The summed E-state index contributed by atoms with van der Waals surface area (Å²) >= 11 is 0. The van der Waals surface area contributed by atoms with Crippen molar-refractivity contribution in [3.8, 4) is 0 Å². The van der Waals surface area contributed by atoms with Gasteiger partial charge in [0.2, 0.25) is 0 Å². The van der Waals surface area contributed by atoms with Gasteiger partial charge in [-0.25, -0.2) is 4.79 Å². The average molecular weight is 199 g/mol. The molecule has 1 saturated heterocycles. The highest BCUT2D eigenvalue weighted by Crippen LogP contribution is 1.90. The SMILES string of the molecule is C1=CNCC1.O=C(O)N1CCNCC1. The molecule has 0 aromatic rings. The highest BCUT2D eigenvalue weighted by atomic mass is 16.4. The molecule has 5 heteroatoms. The summed E-state index contributed by atoms with van der Waals surface area (Å²) in [4.78, 5) is 11.7. The van der Waals surface area contributed by atoms with Crippen molar-refractivity contribution in [1.82, 2.24) is 15.5 Å². The topological polar surface area (TPSA) is 64.6 Å². The van der Waals surface area contributed by atoms with E-state index in [1.807, 2.05) is 6.20 Å². The lowest BCUT2D eigenvalue weighted by Crippen LogP contribution is -2.45. The normalized spacial score (nSPS) is 19.6. The van der Waals surface area contributed by atoms with Crippen LogP contribution >= 0.6 is 0 Å². The van der Waals surface area contributed by atoms with Crippen LogP contribution in [0, 0.1) is 0 Å². The number of hydrogen-bond acceptors (Lipinski definition) is 3. The van der Waals surface area contributed by atoms with Crippen LogP contribution in [0.1, 0.15) is 6.42 Å². The maximum absolute atomic E-state index is 10.3. The van der Waals surface area contributed by atoms with Crippen LogP contribution in [-0.4, -0.2) is 48.8 Å². The van der Waals surface area contributed by atoms with Crippen molar-refractivity contribution in [3.63, 3.8) is 0 Å². The molecule has 2 aliphatic heterocycles. The molecule has 0 radical (unpaired) electrons. The standard InChI is InChI=1S/C5H10N2O2.C4H7N/c8-5(9)7-3-1-6-2-4-7;1-2-4-5-3-1/h6H,1-4H2,(H,8,9);1,3,5H,2,4H2. The Balaban J connectivity index is 0.000000165. The number of nitrogens with one attached hydrogen (secondary N) is 2. The predicted molar refractivity (Wildman–Crippen MR) is 54.2 cm³/mol. The first-order valence-electron chi connectivity index (χ1n) is 4.87. The first-order valence-corrected chi connectivity index (χ1v) is 4.87. The lowest BCUT2D eigenvalue weighted by Gasteiger charge is -2.23. The quantitative estimate of drug-likeness (QED) is 0.516. The van der Waals surface area contributed by atoms with Gasteiger partial charge in [0.25, 0.3) is 0 Å². The molecule has 0 unspecified atom stereocenters. The van der Waals surface area contributed by atoms with Crippen molar-refractivity contribution >= 4 is 6.09 Å². The Morgan fingerprint density at radius 3 is 2.29 bits per heavy atom. The maximum atomic E-state index is 10.3. The van der Waals surface area contributed by atoms with E-state index in [-0.39, 0.29) is 0 Å². The molecule has 0 spiro atoms. The molecule has 5 nitrogen and oxygen atoms in total. The van der Waals surface area contributed by atoms with Gasteiger partial charge in [0, 0.05) is 32.7 Å². The molecule has 80 valence electrons. The third-order valence-electron chi connectivity index (χ3n) is 2.08. The minimum atomic E-state index is -0.809. The van der Waals surface area contributed by atoms with Gasteiger partial charge < -0.3 is 20.6 Å². The number of carbonyl (C=O) groups is 1. The van der Waals surface area contributed by atoms with Crippen molar-refractivity contribution in [2.45, 2.75) is 6.42 Å². The minimum absolute atomic E-state index is 0.620.